The van der Waals surface area contributed by atoms with Crippen LogP contribution in [0, 0.1) is 11.8 Å². The van der Waals surface area contributed by atoms with Gasteiger partial charge in [0.05, 0.1) is 0 Å². The van der Waals surface area contributed by atoms with Gasteiger partial charge in [0.2, 0.25) is 0 Å². The first-order valence-electron chi connectivity index (χ1n) is 9.12. The third-order valence-electron chi connectivity index (χ3n) is 6.11. The molecule has 2 saturated carbocycles. The van der Waals surface area contributed by atoms with Gasteiger partial charge in [0, 0.05) is 5.54 Å². The molecule has 0 saturated heterocycles. The molecule has 116 valence electrons. The second-order valence-corrected chi connectivity index (χ2v) is 7.34. The summed E-state index contributed by atoms with van der Waals surface area (Å²) in [7, 11) is 0. The first-order valence-corrected chi connectivity index (χ1v) is 9.12. The molecule has 1 aromatic rings. The van der Waals surface area contributed by atoms with Crippen molar-refractivity contribution in [2.45, 2.75) is 76.7 Å². The summed E-state index contributed by atoms with van der Waals surface area (Å²) in [6, 6.07) is 9.14. The Hall–Kier alpha value is -0.820. The lowest BCUT2D eigenvalue weighted by Crippen LogP contribution is -2.49. The van der Waals surface area contributed by atoms with E-state index in [0.29, 0.717) is 5.92 Å². The first-order chi connectivity index (χ1) is 10.2. The predicted molar refractivity (Wildman–Crippen MR) is 90.2 cm³/mol. The van der Waals surface area contributed by atoms with Gasteiger partial charge >= 0.3 is 0 Å². The average molecular weight is 285 g/mol. The third-order valence-corrected chi connectivity index (χ3v) is 6.11. The molecule has 21 heavy (non-hydrogen) atoms. The van der Waals surface area contributed by atoms with Gasteiger partial charge in [0.1, 0.15) is 0 Å². The lowest BCUT2D eigenvalue weighted by atomic mass is 9.62. The Bertz CT molecular complexity index is 461. The van der Waals surface area contributed by atoms with Gasteiger partial charge < -0.3 is 5.73 Å². The Morgan fingerprint density at radius 1 is 1.05 bits per heavy atom. The van der Waals surface area contributed by atoms with Crippen molar-refractivity contribution >= 4 is 0 Å². The molecule has 2 unspecified atom stereocenters. The van der Waals surface area contributed by atoms with Gasteiger partial charge in [0.25, 0.3) is 0 Å². The van der Waals surface area contributed by atoms with Gasteiger partial charge in [-0.2, -0.15) is 0 Å². The summed E-state index contributed by atoms with van der Waals surface area (Å²) in [5.41, 5.74) is 9.86. The number of hydrogen-bond donors (Lipinski definition) is 1. The molecular formula is C20H31N. The Morgan fingerprint density at radius 3 is 2.57 bits per heavy atom. The molecule has 0 aromatic heterocycles. The summed E-state index contributed by atoms with van der Waals surface area (Å²) in [6.45, 7) is 2.24. The Balaban J connectivity index is 1.90. The van der Waals surface area contributed by atoms with E-state index < -0.39 is 0 Å². The van der Waals surface area contributed by atoms with Crippen LogP contribution in [0.25, 0.3) is 0 Å². The van der Waals surface area contributed by atoms with Crippen molar-refractivity contribution in [2.75, 3.05) is 0 Å². The predicted octanol–water partition coefficient (Wildman–Crippen LogP) is 5.17. The largest absolute Gasteiger partial charge is 0.321 e. The standard InChI is InChI=1S/C20H31N/c1-2-16-9-8-12-18(15-16)20(21)14-7-6-13-19(20)17-10-4-3-5-11-17/h8-9,12,15,17,19H,2-7,10-11,13-14,21H2,1H3. The van der Waals surface area contributed by atoms with Crippen LogP contribution >= 0.6 is 0 Å². The van der Waals surface area contributed by atoms with Gasteiger partial charge in [-0.15, -0.1) is 0 Å². The van der Waals surface area contributed by atoms with Crippen LogP contribution in [-0.2, 0) is 12.0 Å². The average Bonchev–Trinajstić information content (AvgIpc) is 2.56. The second kappa shape index (κ2) is 6.52. The number of hydrogen-bond acceptors (Lipinski definition) is 1. The van der Waals surface area contributed by atoms with Gasteiger partial charge in [-0.3, -0.25) is 0 Å². The molecule has 0 bridgehead atoms. The van der Waals surface area contributed by atoms with Crippen LogP contribution in [0.4, 0.5) is 0 Å². The summed E-state index contributed by atoms with van der Waals surface area (Å²) in [5, 5.41) is 0. The van der Waals surface area contributed by atoms with Crippen LogP contribution in [0.2, 0.25) is 0 Å². The van der Waals surface area contributed by atoms with Gasteiger partial charge in [-0.25, -0.2) is 0 Å². The van der Waals surface area contributed by atoms with E-state index in [1.165, 1.54) is 68.9 Å². The highest BCUT2D eigenvalue weighted by molar-refractivity contribution is 5.31. The molecule has 3 rings (SSSR count). The molecule has 2 aliphatic carbocycles. The van der Waals surface area contributed by atoms with E-state index in [0.717, 1.165) is 12.3 Å². The van der Waals surface area contributed by atoms with E-state index >= 15 is 0 Å². The maximum absolute atomic E-state index is 7.08. The van der Waals surface area contributed by atoms with Crippen molar-refractivity contribution in [2.24, 2.45) is 17.6 Å². The highest BCUT2D eigenvalue weighted by Gasteiger charge is 2.42. The molecule has 1 nitrogen and oxygen atoms in total. The van der Waals surface area contributed by atoms with Crippen LogP contribution in [-0.4, -0.2) is 0 Å². The highest BCUT2D eigenvalue weighted by Crippen LogP contribution is 2.47. The normalized spacial score (nSPS) is 31.2. The van der Waals surface area contributed by atoms with Crippen molar-refractivity contribution < 1.29 is 0 Å². The Morgan fingerprint density at radius 2 is 1.81 bits per heavy atom. The minimum Gasteiger partial charge on any atom is -0.321 e. The van der Waals surface area contributed by atoms with E-state index in [2.05, 4.69) is 31.2 Å². The van der Waals surface area contributed by atoms with E-state index in [9.17, 15) is 0 Å². The minimum atomic E-state index is -0.0641. The lowest BCUT2D eigenvalue weighted by Gasteiger charge is -2.47. The van der Waals surface area contributed by atoms with Gasteiger partial charge in [0.15, 0.2) is 0 Å². The van der Waals surface area contributed by atoms with Crippen LogP contribution in [0.5, 0.6) is 0 Å². The molecule has 0 heterocycles. The molecule has 0 amide bonds. The fourth-order valence-corrected chi connectivity index (χ4v) is 4.86. The summed E-state index contributed by atoms with van der Waals surface area (Å²) >= 11 is 0. The smallest absolute Gasteiger partial charge is 0.0440 e. The minimum absolute atomic E-state index is 0.0641. The molecular weight excluding hydrogens is 254 g/mol. The number of benzene rings is 1. The molecule has 2 atom stereocenters. The summed E-state index contributed by atoms with van der Waals surface area (Å²) in [4.78, 5) is 0. The zero-order valence-electron chi connectivity index (χ0n) is 13.6. The maximum atomic E-state index is 7.08. The monoisotopic (exact) mass is 285 g/mol. The van der Waals surface area contributed by atoms with Gasteiger partial charge in [-0.1, -0.05) is 76.1 Å². The van der Waals surface area contributed by atoms with E-state index in [4.69, 9.17) is 5.73 Å². The number of rotatable bonds is 3. The van der Waals surface area contributed by atoms with Crippen molar-refractivity contribution in [3.05, 3.63) is 35.4 Å². The number of nitrogens with two attached hydrogens (primary N) is 1. The van der Waals surface area contributed by atoms with Crippen molar-refractivity contribution in [3.8, 4) is 0 Å². The maximum Gasteiger partial charge on any atom is 0.0440 e. The first kappa shape index (κ1) is 15.1. The molecule has 2 N–H and O–H groups in total. The van der Waals surface area contributed by atoms with Crippen molar-refractivity contribution in [1.29, 1.82) is 0 Å². The van der Waals surface area contributed by atoms with E-state index in [-0.39, 0.29) is 5.54 Å². The molecule has 0 radical (unpaired) electrons. The number of aryl methyl sites for hydroxylation is 1. The highest BCUT2D eigenvalue weighted by atomic mass is 14.8. The topological polar surface area (TPSA) is 26.0 Å². The van der Waals surface area contributed by atoms with E-state index in [1.54, 1.807) is 0 Å². The third kappa shape index (κ3) is 3.04. The van der Waals surface area contributed by atoms with Crippen LogP contribution in [0.1, 0.15) is 75.8 Å². The molecule has 0 spiro atoms. The Kier molecular flexibility index (Phi) is 4.69. The van der Waals surface area contributed by atoms with Gasteiger partial charge in [-0.05, 0) is 42.2 Å². The van der Waals surface area contributed by atoms with Crippen LogP contribution in [0.3, 0.4) is 0 Å². The molecule has 1 aromatic carbocycles. The molecule has 2 fully saturated rings. The fraction of sp³-hybridized carbons (Fsp3) is 0.700. The summed E-state index contributed by atoms with van der Waals surface area (Å²) < 4.78 is 0. The van der Waals surface area contributed by atoms with Crippen LogP contribution in [0.15, 0.2) is 24.3 Å². The van der Waals surface area contributed by atoms with E-state index in [1.807, 2.05) is 0 Å². The SMILES string of the molecule is CCc1cccc(C2(N)CCCCC2C2CCCCC2)c1. The summed E-state index contributed by atoms with van der Waals surface area (Å²) in [5.74, 6) is 1.58. The fourth-order valence-electron chi connectivity index (χ4n) is 4.86. The Labute approximate surface area is 130 Å². The molecule has 0 aliphatic heterocycles. The van der Waals surface area contributed by atoms with Crippen molar-refractivity contribution in [1.82, 2.24) is 0 Å². The lowest BCUT2D eigenvalue weighted by molar-refractivity contribution is 0.0985. The van der Waals surface area contributed by atoms with Crippen molar-refractivity contribution in [3.63, 3.8) is 0 Å². The van der Waals surface area contributed by atoms with Crippen LogP contribution < -0.4 is 5.73 Å². The second-order valence-electron chi connectivity index (χ2n) is 7.34. The zero-order chi connectivity index (χ0) is 14.7. The molecule has 2 aliphatic rings. The zero-order valence-corrected chi connectivity index (χ0v) is 13.6. The summed E-state index contributed by atoms with van der Waals surface area (Å²) in [6.07, 6.45) is 13.4. The molecule has 1 heteroatoms. The quantitative estimate of drug-likeness (QED) is 0.814.